The summed E-state index contributed by atoms with van der Waals surface area (Å²) in [4.78, 5) is 11.5. The van der Waals surface area contributed by atoms with Gasteiger partial charge in [0.15, 0.2) is 0 Å². The van der Waals surface area contributed by atoms with Crippen LogP contribution in [-0.4, -0.2) is 36.4 Å². The van der Waals surface area contributed by atoms with Crippen molar-refractivity contribution in [3.05, 3.63) is 0 Å². The predicted octanol–water partition coefficient (Wildman–Crippen LogP) is 0.299. The molecular formula is C9H19NO3. The molecule has 0 aliphatic rings. The highest BCUT2D eigenvalue weighted by molar-refractivity contribution is 5.84. The van der Waals surface area contributed by atoms with Crippen LogP contribution in [-0.2, 0) is 9.53 Å². The maximum atomic E-state index is 11.5. The molecule has 0 radical (unpaired) electrons. The largest absolute Gasteiger partial charge is 0.394 e. The number of carbonyl (C=O) groups excluding carboxylic acids is 1. The van der Waals surface area contributed by atoms with Gasteiger partial charge in [0.05, 0.1) is 6.61 Å². The molecular weight excluding hydrogens is 170 g/mol. The van der Waals surface area contributed by atoms with Crippen molar-refractivity contribution in [1.82, 2.24) is 5.32 Å². The molecule has 0 aliphatic carbocycles. The number of ether oxygens (including phenoxy) is 1. The summed E-state index contributed by atoms with van der Waals surface area (Å²) in [6, 6.07) is -0.228. The van der Waals surface area contributed by atoms with E-state index >= 15 is 0 Å². The third-order valence-electron chi connectivity index (χ3n) is 2.26. The van der Waals surface area contributed by atoms with Gasteiger partial charge in [-0.1, -0.05) is 6.92 Å². The van der Waals surface area contributed by atoms with Gasteiger partial charge in [0.2, 0.25) is 0 Å². The van der Waals surface area contributed by atoms with E-state index in [0.29, 0.717) is 6.42 Å². The second kappa shape index (κ2) is 5.19. The van der Waals surface area contributed by atoms with Crippen molar-refractivity contribution in [2.75, 3.05) is 13.7 Å². The molecule has 2 N–H and O–H groups in total. The maximum Gasteiger partial charge on any atom is 0.252 e. The van der Waals surface area contributed by atoms with E-state index in [4.69, 9.17) is 9.84 Å². The number of nitrogens with one attached hydrogen (secondary N) is 1. The zero-order valence-corrected chi connectivity index (χ0v) is 8.76. The average molecular weight is 189 g/mol. The fraction of sp³-hybridized carbons (Fsp3) is 0.889. The molecule has 0 spiro atoms. The summed E-state index contributed by atoms with van der Waals surface area (Å²) >= 11 is 0. The maximum absolute atomic E-state index is 11.5. The lowest BCUT2D eigenvalue weighted by molar-refractivity contribution is -0.142. The Labute approximate surface area is 79.3 Å². The van der Waals surface area contributed by atoms with E-state index < -0.39 is 5.60 Å². The Bertz CT molecular complexity index is 166. The Morgan fingerprint density at radius 3 is 2.54 bits per heavy atom. The van der Waals surface area contributed by atoms with Crippen molar-refractivity contribution in [2.24, 2.45) is 0 Å². The molecule has 4 heteroatoms. The topological polar surface area (TPSA) is 58.6 Å². The molecule has 1 amide bonds. The molecule has 78 valence electrons. The first-order valence-electron chi connectivity index (χ1n) is 4.47. The van der Waals surface area contributed by atoms with Gasteiger partial charge in [0.25, 0.3) is 5.91 Å². The van der Waals surface area contributed by atoms with Crippen molar-refractivity contribution in [2.45, 2.75) is 38.8 Å². The van der Waals surface area contributed by atoms with Crippen LogP contribution in [0.2, 0.25) is 0 Å². The highest BCUT2D eigenvalue weighted by Crippen LogP contribution is 2.13. The van der Waals surface area contributed by atoms with Gasteiger partial charge in [-0.15, -0.1) is 0 Å². The molecule has 0 aromatic heterocycles. The molecule has 0 aliphatic heterocycles. The van der Waals surface area contributed by atoms with Gasteiger partial charge < -0.3 is 15.2 Å². The normalized spacial score (nSPS) is 17.6. The minimum atomic E-state index is -0.788. The Morgan fingerprint density at radius 1 is 1.69 bits per heavy atom. The van der Waals surface area contributed by atoms with E-state index in [-0.39, 0.29) is 18.6 Å². The first-order chi connectivity index (χ1) is 6.00. The third-order valence-corrected chi connectivity index (χ3v) is 2.26. The molecule has 0 heterocycles. The second-order valence-electron chi connectivity index (χ2n) is 3.35. The summed E-state index contributed by atoms with van der Waals surface area (Å²) in [5.74, 6) is -0.181. The zero-order valence-electron chi connectivity index (χ0n) is 8.76. The Kier molecular flexibility index (Phi) is 4.95. The van der Waals surface area contributed by atoms with Crippen molar-refractivity contribution in [3.63, 3.8) is 0 Å². The highest BCUT2D eigenvalue weighted by atomic mass is 16.5. The summed E-state index contributed by atoms with van der Waals surface area (Å²) < 4.78 is 5.10. The smallest absolute Gasteiger partial charge is 0.252 e. The number of carbonyl (C=O) groups is 1. The number of rotatable bonds is 5. The van der Waals surface area contributed by atoms with Crippen LogP contribution >= 0.6 is 0 Å². The Morgan fingerprint density at radius 2 is 2.23 bits per heavy atom. The lowest BCUT2D eigenvalue weighted by Gasteiger charge is -2.26. The van der Waals surface area contributed by atoms with E-state index in [1.165, 1.54) is 7.11 Å². The van der Waals surface area contributed by atoms with Crippen molar-refractivity contribution in [1.29, 1.82) is 0 Å². The standard InChI is InChI=1S/C9H19NO3/c1-5-9(3,13-4)8(12)10-7(2)6-11/h7,11H,5-6H2,1-4H3,(H,10,12). The summed E-state index contributed by atoms with van der Waals surface area (Å²) in [6.07, 6.45) is 0.605. The summed E-state index contributed by atoms with van der Waals surface area (Å²) in [7, 11) is 1.51. The zero-order chi connectivity index (χ0) is 10.5. The minimum Gasteiger partial charge on any atom is -0.394 e. The molecule has 0 aromatic carbocycles. The summed E-state index contributed by atoms with van der Waals surface area (Å²) in [6.45, 7) is 5.29. The number of aliphatic hydroxyl groups excluding tert-OH is 1. The van der Waals surface area contributed by atoms with Crippen LogP contribution in [0.1, 0.15) is 27.2 Å². The van der Waals surface area contributed by atoms with Crippen LogP contribution in [0.25, 0.3) is 0 Å². The van der Waals surface area contributed by atoms with Crippen LogP contribution in [0.3, 0.4) is 0 Å². The first-order valence-corrected chi connectivity index (χ1v) is 4.47. The van der Waals surface area contributed by atoms with E-state index in [1.54, 1.807) is 13.8 Å². The fourth-order valence-corrected chi connectivity index (χ4v) is 0.820. The number of amides is 1. The van der Waals surface area contributed by atoms with Crippen molar-refractivity contribution in [3.8, 4) is 0 Å². The van der Waals surface area contributed by atoms with E-state index in [2.05, 4.69) is 5.32 Å². The van der Waals surface area contributed by atoms with Gasteiger partial charge >= 0.3 is 0 Å². The quantitative estimate of drug-likeness (QED) is 0.654. The van der Waals surface area contributed by atoms with Gasteiger partial charge in [-0.3, -0.25) is 4.79 Å². The van der Waals surface area contributed by atoms with Gasteiger partial charge in [-0.05, 0) is 20.3 Å². The summed E-state index contributed by atoms with van der Waals surface area (Å²) in [5, 5.41) is 11.4. The van der Waals surface area contributed by atoms with E-state index in [1.807, 2.05) is 6.92 Å². The van der Waals surface area contributed by atoms with Crippen LogP contribution in [0, 0.1) is 0 Å². The van der Waals surface area contributed by atoms with Crippen molar-refractivity contribution >= 4 is 5.91 Å². The SMILES string of the molecule is CCC(C)(OC)C(=O)NC(C)CO. The molecule has 0 saturated heterocycles. The van der Waals surface area contributed by atoms with Crippen molar-refractivity contribution < 1.29 is 14.6 Å². The predicted molar refractivity (Wildman–Crippen MR) is 50.4 cm³/mol. The first kappa shape index (κ1) is 12.4. The lowest BCUT2D eigenvalue weighted by atomic mass is 10.0. The number of methoxy groups -OCH3 is 1. The molecule has 0 aromatic rings. The monoisotopic (exact) mass is 189 g/mol. The van der Waals surface area contributed by atoms with Crippen LogP contribution in [0.4, 0.5) is 0 Å². The highest BCUT2D eigenvalue weighted by Gasteiger charge is 2.31. The Balaban J connectivity index is 4.22. The number of aliphatic hydroxyl groups is 1. The van der Waals surface area contributed by atoms with Gasteiger partial charge in [0, 0.05) is 13.2 Å². The minimum absolute atomic E-state index is 0.0603. The van der Waals surface area contributed by atoms with Gasteiger partial charge in [-0.2, -0.15) is 0 Å². The molecule has 0 saturated carbocycles. The van der Waals surface area contributed by atoms with E-state index in [0.717, 1.165) is 0 Å². The van der Waals surface area contributed by atoms with Crippen LogP contribution in [0.5, 0.6) is 0 Å². The molecule has 0 fully saturated rings. The van der Waals surface area contributed by atoms with Crippen LogP contribution in [0.15, 0.2) is 0 Å². The van der Waals surface area contributed by atoms with Crippen LogP contribution < -0.4 is 5.32 Å². The third kappa shape index (κ3) is 3.32. The van der Waals surface area contributed by atoms with Gasteiger partial charge in [-0.25, -0.2) is 0 Å². The van der Waals surface area contributed by atoms with E-state index in [9.17, 15) is 4.79 Å². The lowest BCUT2D eigenvalue weighted by Crippen LogP contribution is -2.49. The number of hydrogen-bond donors (Lipinski definition) is 2. The average Bonchev–Trinajstić information content (AvgIpc) is 2.16. The Hall–Kier alpha value is -0.610. The van der Waals surface area contributed by atoms with Gasteiger partial charge in [0.1, 0.15) is 5.60 Å². The molecule has 2 unspecified atom stereocenters. The fourth-order valence-electron chi connectivity index (χ4n) is 0.820. The number of hydrogen-bond acceptors (Lipinski definition) is 3. The summed E-state index contributed by atoms with van der Waals surface area (Å²) in [5.41, 5.74) is -0.788. The molecule has 2 atom stereocenters. The molecule has 0 rings (SSSR count). The second-order valence-corrected chi connectivity index (χ2v) is 3.35. The molecule has 0 bridgehead atoms. The molecule has 4 nitrogen and oxygen atoms in total. The molecule has 13 heavy (non-hydrogen) atoms.